The molecule has 2 N–H and O–H groups in total. The highest BCUT2D eigenvalue weighted by atomic mass is 16.2. The van der Waals surface area contributed by atoms with Crippen molar-refractivity contribution in [2.75, 3.05) is 34.7 Å². The fraction of sp³-hybridized carbons (Fsp3) is 0.783. The molecule has 1 saturated heterocycles. The lowest BCUT2D eigenvalue weighted by Crippen LogP contribution is -2.56. The summed E-state index contributed by atoms with van der Waals surface area (Å²) >= 11 is 0. The normalized spacial score (nSPS) is 20.0. The van der Waals surface area contributed by atoms with Crippen molar-refractivity contribution in [2.24, 2.45) is 17.8 Å². The summed E-state index contributed by atoms with van der Waals surface area (Å²) in [5.74, 6) is -0.818. The highest BCUT2D eigenvalue weighted by Crippen LogP contribution is 2.20. The third-order valence-electron chi connectivity index (χ3n) is 5.78. The van der Waals surface area contributed by atoms with E-state index in [1.54, 1.807) is 38.0 Å². The van der Waals surface area contributed by atoms with Crippen LogP contribution in [0.2, 0.25) is 0 Å². The van der Waals surface area contributed by atoms with Crippen LogP contribution >= 0.6 is 0 Å². The predicted octanol–water partition coefficient (Wildman–Crippen LogP) is 1.84. The average molecular weight is 438 g/mol. The van der Waals surface area contributed by atoms with Crippen molar-refractivity contribution in [2.45, 2.75) is 66.0 Å². The van der Waals surface area contributed by atoms with Gasteiger partial charge in [0, 0.05) is 26.8 Å². The standard InChI is InChI=1S/C23H43N5O3/c1-15(2)19(14-17(5)21(29)25-26(6)7)28(9)23(31)20(16(3)4)24-22(30)18-12-10-11-13-27(18)8/h14-18,20H,10-13H2,1-9H3,(H,24,30)(H,25,29)/b19-14+/t17?,18-,20+/m1/s1. The molecule has 178 valence electrons. The summed E-state index contributed by atoms with van der Waals surface area (Å²) in [5.41, 5.74) is 3.51. The minimum Gasteiger partial charge on any atom is -0.343 e. The number of nitrogens with one attached hydrogen (secondary N) is 2. The van der Waals surface area contributed by atoms with Gasteiger partial charge in [0.25, 0.3) is 0 Å². The number of nitrogens with zero attached hydrogens (tertiary/aromatic N) is 3. The molecule has 1 aliphatic heterocycles. The Balaban J connectivity index is 3.02. The zero-order valence-corrected chi connectivity index (χ0v) is 20.9. The van der Waals surface area contributed by atoms with E-state index in [0.29, 0.717) is 0 Å². The summed E-state index contributed by atoms with van der Waals surface area (Å²) in [5, 5.41) is 4.61. The molecular weight excluding hydrogens is 394 g/mol. The van der Waals surface area contributed by atoms with Gasteiger partial charge in [0.15, 0.2) is 0 Å². The van der Waals surface area contributed by atoms with Gasteiger partial charge in [-0.3, -0.25) is 24.7 Å². The van der Waals surface area contributed by atoms with Gasteiger partial charge in [-0.15, -0.1) is 0 Å². The molecule has 0 radical (unpaired) electrons. The summed E-state index contributed by atoms with van der Waals surface area (Å²) in [6.07, 6.45) is 4.76. The lowest BCUT2D eigenvalue weighted by molar-refractivity contribution is -0.137. The number of amides is 3. The van der Waals surface area contributed by atoms with E-state index in [4.69, 9.17) is 0 Å². The Hall–Kier alpha value is -1.93. The van der Waals surface area contributed by atoms with Gasteiger partial charge >= 0.3 is 0 Å². The maximum atomic E-state index is 13.4. The van der Waals surface area contributed by atoms with E-state index in [0.717, 1.165) is 31.5 Å². The molecule has 0 bridgehead atoms. The molecular formula is C23H43N5O3. The number of carbonyl (C=O) groups excluding carboxylic acids is 3. The van der Waals surface area contributed by atoms with E-state index in [9.17, 15) is 14.4 Å². The maximum absolute atomic E-state index is 13.4. The number of piperidine rings is 1. The topological polar surface area (TPSA) is 85.0 Å². The number of hydrogen-bond donors (Lipinski definition) is 2. The highest BCUT2D eigenvalue weighted by molar-refractivity contribution is 5.90. The Morgan fingerprint density at radius 3 is 2.13 bits per heavy atom. The number of allylic oxidation sites excluding steroid dienone is 1. The van der Waals surface area contributed by atoms with Gasteiger partial charge in [0.1, 0.15) is 6.04 Å². The van der Waals surface area contributed by atoms with Gasteiger partial charge in [-0.25, -0.2) is 5.01 Å². The highest BCUT2D eigenvalue weighted by Gasteiger charge is 2.33. The van der Waals surface area contributed by atoms with Crippen LogP contribution in [-0.4, -0.2) is 79.3 Å². The molecule has 0 spiro atoms. The first-order valence-corrected chi connectivity index (χ1v) is 11.3. The average Bonchev–Trinajstić information content (AvgIpc) is 2.68. The SMILES string of the molecule is CC(/C=C(\C(C)C)N(C)C(=O)[C@@H](NC(=O)[C@H]1CCCCN1C)C(C)C)C(=O)NN(C)C. The summed E-state index contributed by atoms with van der Waals surface area (Å²) in [6, 6.07) is -0.816. The predicted molar refractivity (Wildman–Crippen MR) is 124 cm³/mol. The molecule has 1 rings (SSSR count). The van der Waals surface area contributed by atoms with Crippen LogP contribution in [0.1, 0.15) is 53.9 Å². The first-order chi connectivity index (χ1) is 14.4. The van der Waals surface area contributed by atoms with Crippen molar-refractivity contribution >= 4 is 17.7 Å². The first kappa shape index (κ1) is 27.1. The molecule has 31 heavy (non-hydrogen) atoms. The van der Waals surface area contributed by atoms with Crippen molar-refractivity contribution in [3.63, 3.8) is 0 Å². The molecule has 8 heteroatoms. The van der Waals surface area contributed by atoms with Gasteiger partial charge in [0.05, 0.1) is 12.0 Å². The van der Waals surface area contributed by atoms with Crippen LogP contribution in [0.15, 0.2) is 11.8 Å². The minimum absolute atomic E-state index is 0.0385. The third-order valence-corrected chi connectivity index (χ3v) is 5.78. The van der Waals surface area contributed by atoms with Crippen molar-refractivity contribution in [1.29, 1.82) is 0 Å². The fourth-order valence-electron chi connectivity index (χ4n) is 3.85. The van der Waals surface area contributed by atoms with Crippen molar-refractivity contribution in [3.05, 3.63) is 11.8 Å². The quantitative estimate of drug-likeness (QED) is 0.538. The molecule has 1 heterocycles. The fourth-order valence-corrected chi connectivity index (χ4v) is 3.85. The van der Waals surface area contributed by atoms with Gasteiger partial charge in [0.2, 0.25) is 17.7 Å². The zero-order valence-electron chi connectivity index (χ0n) is 20.9. The molecule has 0 aromatic carbocycles. The van der Waals surface area contributed by atoms with E-state index in [2.05, 4.69) is 15.6 Å². The van der Waals surface area contributed by atoms with E-state index in [-0.39, 0.29) is 35.6 Å². The van der Waals surface area contributed by atoms with Crippen LogP contribution in [0.4, 0.5) is 0 Å². The number of rotatable bonds is 9. The van der Waals surface area contributed by atoms with Crippen LogP contribution < -0.4 is 10.7 Å². The molecule has 0 aromatic rings. The molecule has 1 unspecified atom stereocenters. The Morgan fingerprint density at radius 2 is 1.65 bits per heavy atom. The third kappa shape index (κ3) is 7.92. The zero-order chi connectivity index (χ0) is 23.9. The van der Waals surface area contributed by atoms with Gasteiger partial charge in [-0.2, -0.15) is 0 Å². The maximum Gasteiger partial charge on any atom is 0.249 e. The van der Waals surface area contributed by atoms with E-state index >= 15 is 0 Å². The molecule has 1 aliphatic rings. The molecule has 0 aromatic heterocycles. The first-order valence-electron chi connectivity index (χ1n) is 11.3. The second kappa shape index (κ2) is 12.2. The van der Waals surface area contributed by atoms with Crippen molar-refractivity contribution in [3.8, 4) is 0 Å². The van der Waals surface area contributed by atoms with Gasteiger partial charge < -0.3 is 10.2 Å². The van der Waals surface area contributed by atoms with Crippen LogP contribution in [0.25, 0.3) is 0 Å². The molecule has 3 atom stereocenters. The van der Waals surface area contributed by atoms with E-state index in [1.165, 1.54) is 0 Å². The Bertz CT molecular complexity index is 660. The summed E-state index contributed by atoms with van der Waals surface area (Å²) < 4.78 is 0. The second-order valence-electron chi connectivity index (χ2n) is 9.53. The smallest absolute Gasteiger partial charge is 0.249 e. The molecule has 0 aliphatic carbocycles. The van der Waals surface area contributed by atoms with E-state index in [1.807, 2.05) is 40.8 Å². The number of hydrogen-bond acceptors (Lipinski definition) is 5. The van der Waals surface area contributed by atoms with Crippen molar-refractivity contribution < 1.29 is 14.4 Å². The van der Waals surface area contributed by atoms with Crippen LogP contribution in [0.3, 0.4) is 0 Å². The van der Waals surface area contributed by atoms with Gasteiger partial charge in [-0.05, 0) is 45.2 Å². The number of hydrazine groups is 1. The number of carbonyl (C=O) groups is 3. The van der Waals surface area contributed by atoms with Crippen LogP contribution in [-0.2, 0) is 14.4 Å². The number of likely N-dealkylation sites (N-methyl/N-ethyl adjacent to an activating group) is 2. The molecule has 3 amide bonds. The molecule has 1 fully saturated rings. The Morgan fingerprint density at radius 1 is 1.03 bits per heavy atom. The summed E-state index contributed by atoms with van der Waals surface area (Å²) in [6.45, 7) is 10.6. The van der Waals surface area contributed by atoms with Crippen LogP contribution in [0.5, 0.6) is 0 Å². The van der Waals surface area contributed by atoms with E-state index < -0.39 is 12.0 Å². The minimum atomic E-state index is -0.624. The number of likely N-dealkylation sites (tertiary alicyclic amines) is 1. The summed E-state index contributed by atoms with van der Waals surface area (Å²) in [7, 11) is 7.19. The lowest BCUT2D eigenvalue weighted by atomic mass is 9.97. The Labute approximate surface area is 188 Å². The van der Waals surface area contributed by atoms with Gasteiger partial charge in [-0.1, -0.05) is 40.2 Å². The molecule has 8 nitrogen and oxygen atoms in total. The summed E-state index contributed by atoms with van der Waals surface area (Å²) in [4.78, 5) is 42.3. The molecule has 0 saturated carbocycles. The second-order valence-corrected chi connectivity index (χ2v) is 9.53. The van der Waals surface area contributed by atoms with Crippen molar-refractivity contribution in [1.82, 2.24) is 25.6 Å². The lowest BCUT2D eigenvalue weighted by Gasteiger charge is -2.35. The Kier molecular flexibility index (Phi) is 10.7. The largest absolute Gasteiger partial charge is 0.343 e. The van der Waals surface area contributed by atoms with Crippen LogP contribution in [0, 0.1) is 17.8 Å². The monoisotopic (exact) mass is 437 g/mol.